The second-order valence-corrected chi connectivity index (χ2v) is 5.79. The molecule has 0 radical (unpaired) electrons. The van der Waals surface area contributed by atoms with Gasteiger partial charge in [-0.2, -0.15) is 0 Å². The first-order chi connectivity index (χ1) is 11.1. The second-order valence-electron chi connectivity index (χ2n) is 5.79. The minimum absolute atomic E-state index is 0.885. The number of anilines is 2. The van der Waals surface area contributed by atoms with Crippen LogP contribution in [-0.4, -0.2) is 28.6 Å². The predicted octanol–water partition coefficient (Wildman–Crippen LogP) is 3.02. The van der Waals surface area contributed by atoms with Crippen LogP contribution in [0.1, 0.15) is 18.1 Å². The number of fused-ring (bicyclic) bond motifs is 1. The lowest BCUT2D eigenvalue weighted by Gasteiger charge is -2.22. The largest absolute Gasteiger partial charge is 0.334 e. The third-order valence-electron chi connectivity index (χ3n) is 4.21. The van der Waals surface area contributed by atoms with Crippen LogP contribution in [-0.2, 0) is 20.0 Å². The summed E-state index contributed by atoms with van der Waals surface area (Å²) in [6, 6.07) is 8.71. The van der Waals surface area contributed by atoms with E-state index in [0.29, 0.717) is 0 Å². The summed E-state index contributed by atoms with van der Waals surface area (Å²) in [5.41, 5.74) is 5.83. The number of aryl methyl sites for hydroxylation is 2. The van der Waals surface area contributed by atoms with E-state index in [1.165, 1.54) is 16.8 Å². The summed E-state index contributed by atoms with van der Waals surface area (Å²) in [4.78, 5) is 11.0. The van der Waals surface area contributed by atoms with Gasteiger partial charge in [-0.25, -0.2) is 9.97 Å². The molecule has 23 heavy (non-hydrogen) atoms. The normalized spacial score (nSPS) is 11.1. The Morgan fingerprint density at radius 1 is 1.22 bits per heavy atom. The molecule has 0 fully saturated rings. The number of imidazole rings is 1. The third-order valence-corrected chi connectivity index (χ3v) is 4.21. The average molecular weight is 309 g/mol. The van der Waals surface area contributed by atoms with Gasteiger partial charge in [0.15, 0.2) is 0 Å². The van der Waals surface area contributed by atoms with Gasteiger partial charge in [-0.1, -0.05) is 19.1 Å². The summed E-state index contributed by atoms with van der Waals surface area (Å²) in [6.45, 7) is 3.07. The van der Waals surface area contributed by atoms with Gasteiger partial charge in [-0.05, 0) is 30.7 Å². The maximum absolute atomic E-state index is 4.57. The first kappa shape index (κ1) is 15.5. The van der Waals surface area contributed by atoms with Crippen molar-refractivity contribution in [2.24, 2.45) is 7.05 Å². The maximum Gasteiger partial charge on any atom is 0.134 e. The van der Waals surface area contributed by atoms with Crippen molar-refractivity contribution < 1.29 is 0 Å². The number of benzene rings is 1. The lowest BCUT2D eigenvalue weighted by molar-refractivity contribution is 0.815. The molecular formula is C18H23N5. The van der Waals surface area contributed by atoms with E-state index in [2.05, 4.69) is 58.4 Å². The van der Waals surface area contributed by atoms with E-state index < -0.39 is 0 Å². The van der Waals surface area contributed by atoms with Gasteiger partial charge in [-0.15, -0.1) is 0 Å². The first-order valence-corrected chi connectivity index (χ1v) is 7.91. The van der Waals surface area contributed by atoms with Crippen LogP contribution in [0, 0.1) is 0 Å². The van der Waals surface area contributed by atoms with E-state index in [4.69, 9.17) is 0 Å². The van der Waals surface area contributed by atoms with Crippen molar-refractivity contribution in [3.63, 3.8) is 0 Å². The Balaban J connectivity index is 2.00. The molecule has 5 nitrogen and oxygen atoms in total. The fourth-order valence-corrected chi connectivity index (χ4v) is 2.89. The fourth-order valence-electron chi connectivity index (χ4n) is 2.89. The second kappa shape index (κ2) is 6.38. The molecule has 0 amide bonds. The van der Waals surface area contributed by atoms with Crippen LogP contribution in [0.3, 0.4) is 0 Å². The van der Waals surface area contributed by atoms with Crippen LogP contribution in [0.5, 0.6) is 0 Å². The zero-order chi connectivity index (χ0) is 16.4. The Hall–Kier alpha value is -2.40. The zero-order valence-electron chi connectivity index (χ0n) is 14.2. The van der Waals surface area contributed by atoms with Gasteiger partial charge < -0.3 is 14.8 Å². The van der Waals surface area contributed by atoms with Gasteiger partial charge in [0.2, 0.25) is 0 Å². The number of hydrogen-bond acceptors (Lipinski definition) is 4. The van der Waals surface area contributed by atoms with Gasteiger partial charge in [0, 0.05) is 32.4 Å². The molecule has 2 heterocycles. The van der Waals surface area contributed by atoms with Crippen molar-refractivity contribution in [3.05, 3.63) is 47.9 Å². The summed E-state index contributed by atoms with van der Waals surface area (Å²) in [6.07, 6.45) is 4.65. The lowest BCUT2D eigenvalue weighted by Crippen LogP contribution is -2.14. The van der Waals surface area contributed by atoms with E-state index in [0.717, 1.165) is 29.8 Å². The molecule has 3 aromatic rings. The van der Waals surface area contributed by atoms with Crippen molar-refractivity contribution >= 4 is 22.5 Å². The van der Waals surface area contributed by atoms with E-state index in [9.17, 15) is 0 Å². The van der Waals surface area contributed by atoms with E-state index >= 15 is 0 Å². The van der Waals surface area contributed by atoms with Gasteiger partial charge in [0.1, 0.15) is 11.3 Å². The summed E-state index contributed by atoms with van der Waals surface area (Å²) < 4.78 is 2.02. The number of nitrogens with one attached hydrogen (secondary N) is 1. The molecule has 0 aliphatic heterocycles. The highest BCUT2D eigenvalue weighted by Crippen LogP contribution is 2.28. The number of hydrogen-bond donors (Lipinski definition) is 1. The molecule has 2 aromatic heterocycles. The van der Waals surface area contributed by atoms with Crippen molar-refractivity contribution in [1.82, 2.24) is 19.9 Å². The molecule has 0 aliphatic rings. The smallest absolute Gasteiger partial charge is 0.134 e. The standard InChI is InChI=1S/C18H23N5/c1-5-14-8-13(10-19-2)6-7-16(14)23(4)18-9-17-15(11-20-18)21-12-22(17)3/h6-9,11-12,19H,5,10H2,1-4H3. The highest BCUT2D eigenvalue weighted by Gasteiger charge is 2.12. The Kier molecular flexibility index (Phi) is 4.30. The topological polar surface area (TPSA) is 46.0 Å². The molecule has 0 bridgehead atoms. The Morgan fingerprint density at radius 3 is 2.78 bits per heavy atom. The molecule has 5 heteroatoms. The monoisotopic (exact) mass is 309 g/mol. The van der Waals surface area contributed by atoms with Crippen LogP contribution < -0.4 is 10.2 Å². The molecule has 0 aliphatic carbocycles. The summed E-state index contributed by atoms with van der Waals surface area (Å²) in [5.74, 6) is 0.928. The van der Waals surface area contributed by atoms with E-state index in [1.807, 2.05) is 31.2 Å². The van der Waals surface area contributed by atoms with Gasteiger partial charge in [0.25, 0.3) is 0 Å². The predicted molar refractivity (Wildman–Crippen MR) is 95.2 cm³/mol. The molecule has 0 atom stereocenters. The van der Waals surface area contributed by atoms with Gasteiger partial charge >= 0.3 is 0 Å². The molecule has 0 saturated carbocycles. The van der Waals surface area contributed by atoms with Crippen LogP contribution in [0.25, 0.3) is 11.0 Å². The van der Waals surface area contributed by atoms with Crippen LogP contribution in [0.2, 0.25) is 0 Å². The third kappa shape index (κ3) is 2.92. The van der Waals surface area contributed by atoms with Crippen molar-refractivity contribution in [2.45, 2.75) is 19.9 Å². The minimum atomic E-state index is 0.885. The lowest BCUT2D eigenvalue weighted by atomic mass is 10.1. The minimum Gasteiger partial charge on any atom is -0.334 e. The Labute approximate surface area is 137 Å². The Morgan fingerprint density at radius 2 is 2.04 bits per heavy atom. The molecule has 0 unspecified atom stereocenters. The maximum atomic E-state index is 4.57. The van der Waals surface area contributed by atoms with Crippen LogP contribution in [0.15, 0.2) is 36.8 Å². The molecule has 120 valence electrons. The molecular weight excluding hydrogens is 286 g/mol. The first-order valence-electron chi connectivity index (χ1n) is 7.91. The molecule has 1 N–H and O–H groups in total. The summed E-state index contributed by atoms with van der Waals surface area (Å²) in [5, 5.41) is 3.20. The number of nitrogens with zero attached hydrogens (tertiary/aromatic N) is 4. The SMILES string of the molecule is CCc1cc(CNC)ccc1N(C)c1cc2c(cn1)ncn2C. The molecule has 0 saturated heterocycles. The molecule has 3 rings (SSSR count). The summed E-state index contributed by atoms with van der Waals surface area (Å²) in [7, 11) is 6.04. The van der Waals surface area contributed by atoms with Crippen LogP contribution >= 0.6 is 0 Å². The van der Waals surface area contributed by atoms with E-state index in [-0.39, 0.29) is 0 Å². The molecule has 0 spiro atoms. The van der Waals surface area contributed by atoms with E-state index in [1.54, 1.807) is 0 Å². The van der Waals surface area contributed by atoms with Gasteiger partial charge in [0.05, 0.1) is 18.0 Å². The quantitative estimate of drug-likeness (QED) is 0.787. The van der Waals surface area contributed by atoms with Crippen molar-refractivity contribution in [3.8, 4) is 0 Å². The van der Waals surface area contributed by atoms with Gasteiger partial charge in [-0.3, -0.25) is 0 Å². The van der Waals surface area contributed by atoms with Crippen molar-refractivity contribution in [1.29, 1.82) is 0 Å². The zero-order valence-corrected chi connectivity index (χ0v) is 14.2. The molecule has 1 aromatic carbocycles. The Bertz CT molecular complexity index is 821. The highest BCUT2D eigenvalue weighted by atomic mass is 15.2. The fraction of sp³-hybridized carbons (Fsp3) is 0.333. The number of rotatable bonds is 5. The average Bonchev–Trinajstić information content (AvgIpc) is 2.95. The number of pyridine rings is 1. The van der Waals surface area contributed by atoms with Crippen molar-refractivity contribution in [2.75, 3.05) is 19.0 Å². The highest BCUT2D eigenvalue weighted by molar-refractivity contribution is 5.79. The van der Waals surface area contributed by atoms with Crippen LogP contribution in [0.4, 0.5) is 11.5 Å². The summed E-state index contributed by atoms with van der Waals surface area (Å²) >= 11 is 0. The number of aromatic nitrogens is 3.